The number of allylic oxidation sites excluding steroid dienone is 1. The predicted molar refractivity (Wildman–Crippen MR) is 88.7 cm³/mol. The fraction of sp³-hybridized carbons (Fsp3) is 0.158. The second-order valence-electron chi connectivity index (χ2n) is 5.50. The van der Waals surface area contributed by atoms with E-state index >= 15 is 0 Å². The Labute approximate surface area is 134 Å². The molecule has 1 aliphatic heterocycles. The lowest BCUT2D eigenvalue weighted by Gasteiger charge is -2.23. The van der Waals surface area contributed by atoms with Gasteiger partial charge in [0.15, 0.2) is 11.6 Å². The lowest BCUT2D eigenvalue weighted by atomic mass is 9.93. The van der Waals surface area contributed by atoms with E-state index in [2.05, 4.69) is 6.58 Å². The van der Waals surface area contributed by atoms with Crippen LogP contribution in [0.3, 0.4) is 0 Å². The van der Waals surface area contributed by atoms with E-state index in [-0.39, 0.29) is 5.75 Å². The number of halogens is 1. The SMILES string of the molecule is C=C1C=C(CCN)c2cc(F)c(O)c(Cc3ccccc3)c2O1. The second-order valence-corrected chi connectivity index (χ2v) is 5.50. The first-order valence-corrected chi connectivity index (χ1v) is 7.46. The molecule has 0 aromatic heterocycles. The summed E-state index contributed by atoms with van der Waals surface area (Å²) in [6.07, 6.45) is 2.72. The Balaban J connectivity index is 2.13. The minimum Gasteiger partial charge on any atom is -0.505 e. The van der Waals surface area contributed by atoms with Gasteiger partial charge in [-0.2, -0.15) is 0 Å². The molecule has 2 aromatic rings. The van der Waals surface area contributed by atoms with Crippen molar-refractivity contribution in [3.63, 3.8) is 0 Å². The van der Waals surface area contributed by atoms with E-state index < -0.39 is 5.82 Å². The molecule has 0 spiro atoms. The van der Waals surface area contributed by atoms with E-state index in [0.29, 0.717) is 42.0 Å². The number of benzene rings is 2. The molecule has 23 heavy (non-hydrogen) atoms. The highest BCUT2D eigenvalue weighted by atomic mass is 19.1. The van der Waals surface area contributed by atoms with E-state index in [4.69, 9.17) is 10.5 Å². The minimum absolute atomic E-state index is 0.371. The van der Waals surface area contributed by atoms with Crippen LogP contribution in [0.4, 0.5) is 4.39 Å². The number of hydrogen-bond donors (Lipinski definition) is 2. The van der Waals surface area contributed by atoms with E-state index in [9.17, 15) is 9.50 Å². The molecule has 0 aliphatic carbocycles. The molecular weight excluding hydrogens is 293 g/mol. The van der Waals surface area contributed by atoms with Gasteiger partial charge in [0.1, 0.15) is 11.5 Å². The topological polar surface area (TPSA) is 55.5 Å². The smallest absolute Gasteiger partial charge is 0.165 e. The summed E-state index contributed by atoms with van der Waals surface area (Å²) in [6.45, 7) is 4.27. The zero-order chi connectivity index (χ0) is 16.4. The summed E-state index contributed by atoms with van der Waals surface area (Å²) in [4.78, 5) is 0. The van der Waals surface area contributed by atoms with Crippen LogP contribution in [0, 0.1) is 5.82 Å². The number of hydrogen-bond acceptors (Lipinski definition) is 3. The van der Waals surface area contributed by atoms with E-state index in [1.807, 2.05) is 30.3 Å². The molecule has 0 fully saturated rings. The third kappa shape index (κ3) is 2.98. The summed E-state index contributed by atoms with van der Waals surface area (Å²) in [5.74, 6) is -0.118. The van der Waals surface area contributed by atoms with Crippen LogP contribution in [0.15, 0.2) is 54.8 Å². The molecule has 2 aromatic carbocycles. The summed E-state index contributed by atoms with van der Waals surface area (Å²) in [7, 11) is 0. The second kappa shape index (κ2) is 6.26. The van der Waals surface area contributed by atoms with Crippen molar-refractivity contribution in [1.29, 1.82) is 0 Å². The molecular formula is C19H18FNO2. The lowest BCUT2D eigenvalue weighted by molar-refractivity contribution is 0.401. The molecule has 3 rings (SSSR count). The molecule has 4 heteroatoms. The summed E-state index contributed by atoms with van der Waals surface area (Å²) in [6, 6.07) is 10.9. The van der Waals surface area contributed by atoms with Gasteiger partial charge >= 0.3 is 0 Å². The number of phenolic OH excluding ortho intramolecular Hbond substituents is 1. The van der Waals surface area contributed by atoms with Gasteiger partial charge in [0, 0.05) is 17.5 Å². The first-order valence-electron chi connectivity index (χ1n) is 7.46. The van der Waals surface area contributed by atoms with Gasteiger partial charge < -0.3 is 15.6 Å². The summed E-state index contributed by atoms with van der Waals surface area (Å²) < 4.78 is 19.9. The van der Waals surface area contributed by atoms with Crippen LogP contribution < -0.4 is 10.5 Å². The number of fused-ring (bicyclic) bond motifs is 1. The predicted octanol–water partition coefficient (Wildman–Crippen LogP) is 3.76. The summed E-state index contributed by atoms with van der Waals surface area (Å²) in [5.41, 5.74) is 8.52. The summed E-state index contributed by atoms with van der Waals surface area (Å²) in [5, 5.41) is 10.2. The molecule has 1 aliphatic rings. The van der Waals surface area contributed by atoms with Gasteiger partial charge in [-0.3, -0.25) is 0 Å². The molecule has 0 radical (unpaired) electrons. The normalized spacial score (nSPS) is 13.3. The van der Waals surface area contributed by atoms with Crippen molar-refractivity contribution in [1.82, 2.24) is 0 Å². The van der Waals surface area contributed by atoms with Crippen molar-refractivity contribution in [2.24, 2.45) is 5.73 Å². The maximum absolute atomic E-state index is 14.2. The highest BCUT2D eigenvalue weighted by Crippen LogP contribution is 2.43. The van der Waals surface area contributed by atoms with Crippen LogP contribution in [0.1, 0.15) is 23.1 Å². The Bertz CT molecular complexity index is 782. The quantitative estimate of drug-likeness (QED) is 0.904. The monoisotopic (exact) mass is 311 g/mol. The van der Waals surface area contributed by atoms with E-state index in [1.165, 1.54) is 6.07 Å². The largest absolute Gasteiger partial charge is 0.505 e. The Morgan fingerprint density at radius 1 is 1.22 bits per heavy atom. The van der Waals surface area contributed by atoms with Crippen molar-refractivity contribution in [3.05, 3.63) is 77.3 Å². The van der Waals surface area contributed by atoms with E-state index in [1.54, 1.807) is 6.08 Å². The third-order valence-corrected chi connectivity index (χ3v) is 3.85. The Morgan fingerprint density at radius 2 is 1.96 bits per heavy atom. The van der Waals surface area contributed by atoms with Crippen molar-refractivity contribution < 1.29 is 14.2 Å². The van der Waals surface area contributed by atoms with Gasteiger partial charge in [0.25, 0.3) is 0 Å². The molecule has 1 heterocycles. The molecule has 3 N–H and O–H groups in total. The van der Waals surface area contributed by atoms with Crippen LogP contribution in [0.2, 0.25) is 0 Å². The summed E-state index contributed by atoms with van der Waals surface area (Å²) >= 11 is 0. The fourth-order valence-electron chi connectivity index (χ4n) is 2.79. The Kier molecular flexibility index (Phi) is 4.17. The minimum atomic E-state index is -0.659. The molecule has 0 unspecified atom stereocenters. The zero-order valence-electron chi connectivity index (χ0n) is 12.7. The lowest BCUT2D eigenvalue weighted by Crippen LogP contribution is -2.10. The number of nitrogens with two attached hydrogens (primary N) is 1. The van der Waals surface area contributed by atoms with Crippen LogP contribution in [0.5, 0.6) is 11.5 Å². The fourth-order valence-corrected chi connectivity index (χ4v) is 2.79. The number of aromatic hydroxyl groups is 1. The van der Waals surface area contributed by atoms with Gasteiger partial charge in [-0.05, 0) is 36.2 Å². The van der Waals surface area contributed by atoms with Crippen molar-refractivity contribution in [3.8, 4) is 11.5 Å². The van der Waals surface area contributed by atoms with Gasteiger partial charge in [0.2, 0.25) is 0 Å². The highest BCUT2D eigenvalue weighted by molar-refractivity contribution is 5.77. The average molecular weight is 311 g/mol. The van der Waals surface area contributed by atoms with Crippen molar-refractivity contribution in [2.75, 3.05) is 6.54 Å². The molecule has 3 nitrogen and oxygen atoms in total. The number of ether oxygens (including phenoxy) is 1. The average Bonchev–Trinajstić information content (AvgIpc) is 2.54. The maximum atomic E-state index is 14.2. The van der Waals surface area contributed by atoms with Gasteiger partial charge in [-0.15, -0.1) is 0 Å². The molecule has 118 valence electrons. The molecule has 0 atom stereocenters. The zero-order valence-corrected chi connectivity index (χ0v) is 12.7. The maximum Gasteiger partial charge on any atom is 0.165 e. The first kappa shape index (κ1) is 15.3. The molecule has 0 bridgehead atoms. The third-order valence-electron chi connectivity index (χ3n) is 3.85. The Morgan fingerprint density at radius 3 is 2.65 bits per heavy atom. The molecule has 0 amide bonds. The van der Waals surface area contributed by atoms with Crippen molar-refractivity contribution >= 4 is 5.57 Å². The molecule has 0 saturated carbocycles. The van der Waals surface area contributed by atoms with Crippen LogP contribution >= 0.6 is 0 Å². The number of phenols is 1. The van der Waals surface area contributed by atoms with Crippen LogP contribution in [0.25, 0.3) is 5.57 Å². The van der Waals surface area contributed by atoms with E-state index in [0.717, 1.165) is 11.1 Å². The van der Waals surface area contributed by atoms with Gasteiger partial charge in [0.05, 0.1) is 0 Å². The standard InChI is InChI=1S/C19H18FNO2/c1-12-9-14(7-8-21)15-11-17(20)18(22)16(19(15)23-12)10-13-5-3-2-4-6-13/h2-6,9,11,22H,1,7-8,10,21H2. The molecule has 0 saturated heterocycles. The van der Waals surface area contributed by atoms with Crippen LogP contribution in [-0.4, -0.2) is 11.7 Å². The highest BCUT2D eigenvalue weighted by Gasteiger charge is 2.24. The van der Waals surface area contributed by atoms with Gasteiger partial charge in [-0.1, -0.05) is 36.9 Å². The Hall–Kier alpha value is -2.59. The van der Waals surface area contributed by atoms with Crippen molar-refractivity contribution in [2.45, 2.75) is 12.8 Å². The van der Waals surface area contributed by atoms with Gasteiger partial charge in [-0.25, -0.2) is 4.39 Å². The van der Waals surface area contributed by atoms with Crippen LogP contribution in [-0.2, 0) is 6.42 Å². The first-order chi connectivity index (χ1) is 11.1. The number of rotatable bonds is 4.